The van der Waals surface area contributed by atoms with E-state index in [-0.39, 0.29) is 0 Å². The summed E-state index contributed by atoms with van der Waals surface area (Å²) in [4.78, 5) is 1.29. The van der Waals surface area contributed by atoms with E-state index in [0.29, 0.717) is 5.25 Å². The molecule has 1 N–H and O–H groups in total. The lowest BCUT2D eigenvalue weighted by molar-refractivity contribution is 0.0616. The van der Waals surface area contributed by atoms with Gasteiger partial charge in [-0.05, 0) is 30.4 Å². The predicted molar refractivity (Wildman–Crippen MR) is 59.5 cm³/mol. The highest BCUT2D eigenvalue weighted by Gasteiger charge is 2.37. The molecule has 1 nitrogen and oxygen atoms in total. The van der Waals surface area contributed by atoms with E-state index in [1.807, 2.05) is 11.8 Å². The third-order valence-corrected chi connectivity index (χ3v) is 4.74. The summed E-state index contributed by atoms with van der Waals surface area (Å²) in [5, 5.41) is 13.0. The number of thioether (sulfide) groups is 1. The second kappa shape index (κ2) is 3.30. The average molecular weight is 214 g/mol. The molecule has 0 amide bonds. The third kappa shape index (κ3) is 1.78. The number of aliphatic hydroxyl groups is 1. The van der Waals surface area contributed by atoms with Gasteiger partial charge in [0.2, 0.25) is 0 Å². The summed E-state index contributed by atoms with van der Waals surface area (Å²) in [6.45, 7) is 4.27. The molecule has 1 aromatic heterocycles. The summed E-state index contributed by atoms with van der Waals surface area (Å²) in [5.41, 5.74) is 0.571. The lowest BCUT2D eigenvalue weighted by Crippen LogP contribution is -2.24. The maximum Gasteiger partial charge on any atom is 0.100 e. The van der Waals surface area contributed by atoms with Gasteiger partial charge >= 0.3 is 0 Å². The van der Waals surface area contributed by atoms with Gasteiger partial charge in [0.1, 0.15) is 5.60 Å². The summed E-state index contributed by atoms with van der Waals surface area (Å²) in [7, 11) is 0. The summed E-state index contributed by atoms with van der Waals surface area (Å²) in [6, 6.07) is 2.11. The number of hydrogen-bond donors (Lipinski definition) is 1. The molecule has 1 aromatic rings. The van der Waals surface area contributed by atoms with Crippen molar-refractivity contribution in [3.63, 3.8) is 0 Å². The van der Waals surface area contributed by atoms with Crippen molar-refractivity contribution in [2.45, 2.75) is 31.1 Å². The molecule has 0 spiro atoms. The monoisotopic (exact) mass is 214 g/mol. The Morgan fingerprint density at radius 1 is 1.62 bits per heavy atom. The van der Waals surface area contributed by atoms with E-state index in [2.05, 4.69) is 25.3 Å². The molecule has 3 heteroatoms. The topological polar surface area (TPSA) is 20.2 Å². The number of thiophene rings is 1. The van der Waals surface area contributed by atoms with E-state index in [1.54, 1.807) is 11.3 Å². The normalized spacial score (nSPS) is 33.9. The molecule has 2 heterocycles. The van der Waals surface area contributed by atoms with Gasteiger partial charge in [-0.2, -0.15) is 11.8 Å². The molecule has 1 fully saturated rings. The van der Waals surface area contributed by atoms with E-state index in [4.69, 9.17) is 0 Å². The van der Waals surface area contributed by atoms with Gasteiger partial charge in [-0.1, -0.05) is 6.92 Å². The zero-order valence-corrected chi connectivity index (χ0v) is 9.54. The Hall–Kier alpha value is 0.01000. The Balaban J connectivity index is 2.25. The summed E-state index contributed by atoms with van der Waals surface area (Å²) in [6.07, 6.45) is 0.897. The molecule has 2 unspecified atom stereocenters. The number of rotatable bonds is 1. The molecule has 2 atom stereocenters. The SMILES string of the molecule is Cc1cc(C2(O)CSC(C)C2)cs1. The molecule has 0 radical (unpaired) electrons. The number of hydrogen-bond acceptors (Lipinski definition) is 3. The molecular formula is C10H14OS2. The van der Waals surface area contributed by atoms with Crippen LogP contribution >= 0.6 is 23.1 Å². The fraction of sp³-hybridized carbons (Fsp3) is 0.600. The van der Waals surface area contributed by atoms with Crippen LogP contribution in [-0.4, -0.2) is 16.1 Å². The highest BCUT2D eigenvalue weighted by Crippen LogP contribution is 2.42. The predicted octanol–water partition coefficient (Wildman–Crippen LogP) is 2.77. The van der Waals surface area contributed by atoms with Gasteiger partial charge in [0.05, 0.1) is 0 Å². The Bertz CT molecular complexity index is 308. The summed E-state index contributed by atoms with van der Waals surface area (Å²) < 4.78 is 0. The average Bonchev–Trinajstić information content (AvgIpc) is 2.60. The van der Waals surface area contributed by atoms with Crippen molar-refractivity contribution < 1.29 is 5.11 Å². The van der Waals surface area contributed by atoms with E-state index in [1.165, 1.54) is 4.88 Å². The molecule has 0 saturated carbocycles. The van der Waals surface area contributed by atoms with Crippen LogP contribution in [0.4, 0.5) is 0 Å². The second-order valence-electron chi connectivity index (χ2n) is 3.80. The second-order valence-corrected chi connectivity index (χ2v) is 6.35. The summed E-state index contributed by atoms with van der Waals surface area (Å²) in [5.74, 6) is 0.852. The van der Waals surface area contributed by atoms with Crippen LogP contribution in [0.1, 0.15) is 23.8 Å². The third-order valence-electron chi connectivity index (χ3n) is 2.50. The van der Waals surface area contributed by atoms with Crippen LogP contribution in [0.15, 0.2) is 11.4 Å². The van der Waals surface area contributed by atoms with Crippen LogP contribution in [0, 0.1) is 6.92 Å². The Labute approximate surface area is 87.2 Å². The zero-order valence-electron chi connectivity index (χ0n) is 7.91. The molecular weight excluding hydrogens is 200 g/mol. The fourth-order valence-corrected chi connectivity index (χ4v) is 3.80. The highest BCUT2D eigenvalue weighted by atomic mass is 32.2. The molecule has 0 bridgehead atoms. The van der Waals surface area contributed by atoms with E-state index in [0.717, 1.165) is 17.7 Å². The van der Waals surface area contributed by atoms with Crippen molar-refractivity contribution in [2.75, 3.05) is 5.75 Å². The Morgan fingerprint density at radius 2 is 2.38 bits per heavy atom. The van der Waals surface area contributed by atoms with Crippen molar-refractivity contribution in [2.24, 2.45) is 0 Å². The first-order chi connectivity index (χ1) is 6.10. The van der Waals surface area contributed by atoms with Crippen molar-refractivity contribution in [1.29, 1.82) is 0 Å². The summed E-state index contributed by atoms with van der Waals surface area (Å²) >= 11 is 3.58. The lowest BCUT2D eigenvalue weighted by Gasteiger charge is -2.20. The van der Waals surface area contributed by atoms with Crippen molar-refractivity contribution in [1.82, 2.24) is 0 Å². The van der Waals surface area contributed by atoms with Crippen LogP contribution in [0.25, 0.3) is 0 Å². The molecule has 72 valence electrons. The van der Waals surface area contributed by atoms with Gasteiger partial charge in [0.25, 0.3) is 0 Å². The largest absolute Gasteiger partial charge is 0.384 e. The highest BCUT2D eigenvalue weighted by molar-refractivity contribution is 8.00. The Morgan fingerprint density at radius 3 is 2.85 bits per heavy atom. The molecule has 0 aliphatic carbocycles. The zero-order chi connectivity index (χ0) is 9.47. The van der Waals surface area contributed by atoms with Gasteiger partial charge < -0.3 is 5.11 Å². The number of aryl methyl sites for hydroxylation is 1. The van der Waals surface area contributed by atoms with Crippen LogP contribution in [0.5, 0.6) is 0 Å². The molecule has 1 saturated heterocycles. The first kappa shape index (κ1) is 9.56. The maximum absolute atomic E-state index is 10.3. The first-order valence-corrected chi connectivity index (χ1v) is 6.42. The van der Waals surface area contributed by atoms with Crippen molar-refractivity contribution in [3.05, 3.63) is 21.9 Å². The van der Waals surface area contributed by atoms with Crippen molar-refractivity contribution >= 4 is 23.1 Å². The van der Waals surface area contributed by atoms with Gasteiger partial charge in [0, 0.05) is 15.9 Å². The first-order valence-electron chi connectivity index (χ1n) is 4.50. The molecule has 1 aliphatic heterocycles. The minimum absolute atomic E-state index is 0.547. The van der Waals surface area contributed by atoms with Gasteiger partial charge in [-0.3, -0.25) is 0 Å². The van der Waals surface area contributed by atoms with E-state index in [9.17, 15) is 5.11 Å². The van der Waals surface area contributed by atoms with Crippen LogP contribution in [0.2, 0.25) is 0 Å². The minimum Gasteiger partial charge on any atom is -0.384 e. The Kier molecular flexibility index (Phi) is 2.43. The van der Waals surface area contributed by atoms with Crippen LogP contribution in [-0.2, 0) is 5.60 Å². The standard InChI is InChI=1S/C10H14OS2/c1-7-3-9(5-12-7)10(11)4-8(2)13-6-10/h3,5,8,11H,4,6H2,1-2H3. The molecule has 13 heavy (non-hydrogen) atoms. The molecule has 1 aliphatic rings. The van der Waals surface area contributed by atoms with Crippen molar-refractivity contribution in [3.8, 4) is 0 Å². The van der Waals surface area contributed by atoms with E-state index < -0.39 is 5.60 Å². The van der Waals surface area contributed by atoms with Gasteiger partial charge in [-0.15, -0.1) is 11.3 Å². The minimum atomic E-state index is -0.547. The smallest absolute Gasteiger partial charge is 0.100 e. The van der Waals surface area contributed by atoms with Crippen LogP contribution < -0.4 is 0 Å². The van der Waals surface area contributed by atoms with Gasteiger partial charge in [0.15, 0.2) is 0 Å². The maximum atomic E-state index is 10.3. The molecule has 2 rings (SSSR count). The lowest BCUT2D eigenvalue weighted by atomic mass is 9.94. The fourth-order valence-electron chi connectivity index (χ4n) is 1.76. The quantitative estimate of drug-likeness (QED) is 0.775. The van der Waals surface area contributed by atoms with E-state index >= 15 is 0 Å². The van der Waals surface area contributed by atoms with Gasteiger partial charge in [-0.25, -0.2) is 0 Å². The molecule has 0 aromatic carbocycles. The van der Waals surface area contributed by atoms with Crippen LogP contribution in [0.3, 0.4) is 0 Å².